The highest BCUT2D eigenvalue weighted by molar-refractivity contribution is 14.1. The summed E-state index contributed by atoms with van der Waals surface area (Å²) in [4.78, 5) is 38.5. The first-order valence-electron chi connectivity index (χ1n) is 8.96. The number of nitrogens with one attached hydrogen (secondary N) is 1. The van der Waals surface area contributed by atoms with Crippen molar-refractivity contribution in [3.63, 3.8) is 0 Å². The molecule has 3 rings (SSSR count). The van der Waals surface area contributed by atoms with E-state index in [0.717, 1.165) is 4.68 Å². The fourth-order valence-electron chi connectivity index (χ4n) is 2.65. The van der Waals surface area contributed by atoms with Crippen molar-refractivity contribution in [1.82, 2.24) is 9.66 Å². The van der Waals surface area contributed by atoms with E-state index >= 15 is 0 Å². The summed E-state index contributed by atoms with van der Waals surface area (Å²) in [6, 6.07) is 9.93. The molecule has 156 valence electrons. The summed E-state index contributed by atoms with van der Waals surface area (Å²) in [5.41, 5.74) is -0.232. The van der Waals surface area contributed by atoms with Crippen LogP contribution in [0.15, 0.2) is 51.1 Å². The highest BCUT2D eigenvalue weighted by Crippen LogP contribution is 2.34. The number of para-hydroxylation sites is 1. The van der Waals surface area contributed by atoms with E-state index in [2.05, 4.69) is 10.1 Å². The Morgan fingerprint density at radius 3 is 2.77 bits per heavy atom. The number of hydrogen-bond acceptors (Lipinski definition) is 6. The molecule has 9 nitrogen and oxygen atoms in total. The molecule has 1 aromatic heterocycles. The van der Waals surface area contributed by atoms with Crippen LogP contribution in [0.25, 0.3) is 10.9 Å². The van der Waals surface area contributed by atoms with Crippen LogP contribution in [0.2, 0.25) is 0 Å². The summed E-state index contributed by atoms with van der Waals surface area (Å²) in [6.45, 7) is 3.53. The molecule has 30 heavy (non-hydrogen) atoms. The van der Waals surface area contributed by atoms with E-state index in [0.29, 0.717) is 38.1 Å². The van der Waals surface area contributed by atoms with E-state index in [1.165, 1.54) is 13.1 Å². The van der Waals surface area contributed by atoms with Crippen LogP contribution in [0.5, 0.6) is 11.5 Å². The van der Waals surface area contributed by atoms with Gasteiger partial charge in [0.05, 0.1) is 27.3 Å². The zero-order valence-corrected chi connectivity index (χ0v) is 18.2. The minimum absolute atomic E-state index is 0.296. The second-order valence-electron chi connectivity index (χ2n) is 6.20. The predicted octanol–water partition coefficient (Wildman–Crippen LogP) is 2.43. The molecule has 0 amide bonds. The monoisotopic (exact) mass is 523 g/mol. The highest BCUT2D eigenvalue weighted by Gasteiger charge is 2.19. The molecule has 0 aliphatic rings. The van der Waals surface area contributed by atoms with Crippen molar-refractivity contribution in [2.75, 3.05) is 6.61 Å². The van der Waals surface area contributed by atoms with E-state index in [-0.39, 0.29) is 0 Å². The zero-order valence-electron chi connectivity index (χ0n) is 16.1. The third-order valence-corrected chi connectivity index (χ3v) is 4.88. The van der Waals surface area contributed by atoms with Gasteiger partial charge in [-0.1, -0.05) is 12.1 Å². The average Bonchev–Trinajstić information content (AvgIpc) is 2.70. The Kier molecular flexibility index (Phi) is 6.55. The van der Waals surface area contributed by atoms with Gasteiger partial charge in [0.15, 0.2) is 17.6 Å². The molecule has 2 N–H and O–H groups in total. The lowest BCUT2D eigenvalue weighted by molar-refractivity contribution is -0.144. The number of halogens is 1. The van der Waals surface area contributed by atoms with Crippen LogP contribution in [0.1, 0.15) is 19.4 Å². The van der Waals surface area contributed by atoms with Crippen LogP contribution in [-0.4, -0.2) is 39.7 Å². The van der Waals surface area contributed by atoms with Crippen molar-refractivity contribution in [2.24, 2.45) is 5.10 Å². The molecule has 1 heterocycles. The zero-order chi connectivity index (χ0) is 21.8. The Labute approximate surface area is 184 Å². The number of aromatic amines is 1. The Bertz CT molecular complexity index is 1250. The van der Waals surface area contributed by atoms with Gasteiger partial charge in [-0.25, -0.2) is 9.59 Å². The number of hydrogen-bond donors (Lipinski definition) is 2. The number of aromatic nitrogens is 2. The van der Waals surface area contributed by atoms with Crippen LogP contribution in [0, 0.1) is 3.57 Å². The maximum absolute atomic E-state index is 12.6. The maximum Gasteiger partial charge on any atom is 0.349 e. The molecule has 0 bridgehead atoms. The first-order valence-corrected chi connectivity index (χ1v) is 10.0. The van der Waals surface area contributed by atoms with Crippen molar-refractivity contribution in [2.45, 2.75) is 20.0 Å². The number of rotatable bonds is 7. The third-order valence-electron chi connectivity index (χ3n) is 4.08. The first kappa shape index (κ1) is 21.6. The van der Waals surface area contributed by atoms with Crippen molar-refractivity contribution in [1.29, 1.82) is 0 Å². The molecular weight excluding hydrogens is 505 g/mol. The van der Waals surface area contributed by atoms with Crippen molar-refractivity contribution < 1.29 is 19.4 Å². The Hall–Kier alpha value is -3.15. The number of carboxylic acids is 1. The highest BCUT2D eigenvalue weighted by atomic mass is 127. The molecule has 0 saturated carbocycles. The molecule has 3 aromatic rings. The number of nitrogens with zero attached hydrogens (tertiary/aromatic N) is 2. The normalized spacial score (nSPS) is 12.2. The standard InChI is InChI=1S/C20H18IN3O6/c1-3-29-16-9-12(8-14(21)17(16)30-11(2)19(26)27)10-22-24-18(25)13-6-4-5-7-15(13)23-20(24)28/h4-11H,3H2,1-2H3,(H,23,28)(H,26,27)/t11-/m1/s1. The molecule has 1 atom stereocenters. The Morgan fingerprint density at radius 1 is 1.33 bits per heavy atom. The fraction of sp³-hybridized carbons (Fsp3) is 0.200. The van der Waals surface area contributed by atoms with Gasteiger partial charge in [-0.05, 0) is 66.3 Å². The molecular formula is C20H18IN3O6. The molecule has 0 aliphatic heterocycles. The third kappa shape index (κ3) is 4.53. The lowest BCUT2D eigenvalue weighted by Crippen LogP contribution is -2.32. The van der Waals surface area contributed by atoms with Crippen LogP contribution in [0.3, 0.4) is 0 Å². The lowest BCUT2D eigenvalue weighted by Gasteiger charge is -2.16. The summed E-state index contributed by atoms with van der Waals surface area (Å²) in [5.74, 6) is -0.474. The summed E-state index contributed by atoms with van der Waals surface area (Å²) < 4.78 is 12.4. The van der Waals surface area contributed by atoms with Gasteiger partial charge in [-0.2, -0.15) is 5.10 Å². The predicted molar refractivity (Wildman–Crippen MR) is 120 cm³/mol. The molecule has 0 saturated heterocycles. The van der Waals surface area contributed by atoms with Crippen LogP contribution in [-0.2, 0) is 4.79 Å². The van der Waals surface area contributed by atoms with E-state index in [1.54, 1.807) is 43.3 Å². The first-order chi connectivity index (χ1) is 14.3. The van der Waals surface area contributed by atoms with Crippen LogP contribution >= 0.6 is 22.6 Å². The number of H-pyrrole nitrogens is 1. The van der Waals surface area contributed by atoms with Gasteiger partial charge in [0.25, 0.3) is 5.56 Å². The topological polar surface area (TPSA) is 123 Å². The Balaban J connectivity index is 2.02. The van der Waals surface area contributed by atoms with Gasteiger partial charge in [-0.15, -0.1) is 4.68 Å². The molecule has 0 spiro atoms. The quantitative estimate of drug-likeness (QED) is 0.363. The number of fused-ring (bicyclic) bond motifs is 1. The fourth-order valence-corrected chi connectivity index (χ4v) is 3.40. The second kappa shape index (κ2) is 9.11. The van der Waals surface area contributed by atoms with Gasteiger partial charge in [-0.3, -0.25) is 4.79 Å². The second-order valence-corrected chi connectivity index (χ2v) is 7.36. The van der Waals surface area contributed by atoms with Gasteiger partial charge < -0.3 is 19.6 Å². The number of aliphatic carboxylic acids is 1. The molecule has 0 radical (unpaired) electrons. The van der Waals surface area contributed by atoms with Crippen molar-refractivity contribution >= 4 is 45.7 Å². The van der Waals surface area contributed by atoms with Crippen LogP contribution in [0.4, 0.5) is 0 Å². The molecule has 0 fully saturated rings. The van der Waals surface area contributed by atoms with E-state index < -0.39 is 23.3 Å². The minimum Gasteiger partial charge on any atom is -0.490 e. The molecule has 2 aromatic carbocycles. The number of ether oxygens (including phenoxy) is 2. The van der Waals surface area contributed by atoms with Gasteiger partial charge in [0, 0.05) is 0 Å². The summed E-state index contributed by atoms with van der Waals surface area (Å²) in [7, 11) is 0. The summed E-state index contributed by atoms with van der Waals surface area (Å²) in [6.07, 6.45) is 0.285. The summed E-state index contributed by atoms with van der Waals surface area (Å²) in [5, 5.41) is 13.5. The van der Waals surface area contributed by atoms with E-state index in [9.17, 15) is 14.4 Å². The van der Waals surface area contributed by atoms with Crippen molar-refractivity contribution in [3.05, 3.63) is 66.4 Å². The average molecular weight is 523 g/mol. The number of benzene rings is 2. The van der Waals surface area contributed by atoms with Crippen molar-refractivity contribution in [3.8, 4) is 11.5 Å². The maximum atomic E-state index is 12.6. The Morgan fingerprint density at radius 2 is 2.07 bits per heavy atom. The van der Waals surface area contributed by atoms with E-state index in [1.807, 2.05) is 22.6 Å². The number of carboxylic acid groups (broad SMARTS) is 1. The van der Waals surface area contributed by atoms with Gasteiger partial charge in [0.2, 0.25) is 0 Å². The van der Waals surface area contributed by atoms with E-state index in [4.69, 9.17) is 14.6 Å². The molecule has 0 aliphatic carbocycles. The van der Waals surface area contributed by atoms with Gasteiger partial charge >= 0.3 is 11.7 Å². The van der Waals surface area contributed by atoms with Crippen LogP contribution < -0.4 is 20.7 Å². The minimum atomic E-state index is -1.10. The number of carbonyl (C=O) groups is 1. The smallest absolute Gasteiger partial charge is 0.349 e. The molecule has 10 heteroatoms. The largest absolute Gasteiger partial charge is 0.490 e. The lowest BCUT2D eigenvalue weighted by atomic mass is 10.2. The SMILES string of the molecule is CCOc1cc(C=Nn2c(=O)[nH]c3ccccc3c2=O)cc(I)c1O[C@H](C)C(=O)O. The van der Waals surface area contributed by atoms with Gasteiger partial charge in [0.1, 0.15) is 0 Å². The molecule has 0 unspecified atom stereocenters. The summed E-state index contributed by atoms with van der Waals surface area (Å²) >= 11 is 1.99.